The third-order valence-corrected chi connectivity index (χ3v) is 3.89. The minimum absolute atomic E-state index is 0.0611. The Morgan fingerprint density at radius 2 is 1.96 bits per heavy atom. The summed E-state index contributed by atoms with van der Waals surface area (Å²) >= 11 is 5.70. The van der Waals surface area contributed by atoms with E-state index >= 15 is 0 Å². The number of carbonyl (C=O) groups is 2. The maximum atomic E-state index is 11.9. The Morgan fingerprint density at radius 3 is 2.60 bits per heavy atom. The quantitative estimate of drug-likeness (QED) is 0.489. The molecule has 1 N–H and O–H groups in total. The first-order chi connectivity index (χ1) is 12.1. The zero-order chi connectivity index (χ0) is 17.6. The van der Waals surface area contributed by atoms with Crippen LogP contribution in [-0.4, -0.2) is 22.9 Å². The predicted octanol–water partition coefficient (Wildman–Crippen LogP) is 3.38. The standard InChI is InChI=1S/C19H17ClN2O3/c20-17-9-3-14(11-21-17)12-25-18(23)10-4-13-1-5-15(6-2-13)19(24)22-16-7-8-16/h1-6,9-11,16H,7-8,12H2,(H,22,24)/b10-4+. The fraction of sp³-hybridized carbons (Fsp3) is 0.211. The second-order valence-electron chi connectivity index (χ2n) is 5.80. The highest BCUT2D eigenvalue weighted by Crippen LogP contribution is 2.19. The van der Waals surface area contributed by atoms with Crippen molar-refractivity contribution in [3.63, 3.8) is 0 Å². The van der Waals surface area contributed by atoms with Crippen LogP contribution in [0.15, 0.2) is 48.7 Å². The van der Waals surface area contributed by atoms with Crippen LogP contribution < -0.4 is 5.32 Å². The van der Waals surface area contributed by atoms with Crippen molar-refractivity contribution in [2.45, 2.75) is 25.5 Å². The monoisotopic (exact) mass is 356 g/mol. The number of benzene rings is 1. The van der Waals surface area contributed by atoms with Gasteiger partial charge in [0.05, 0.1) is 0 Å². The van der Waals surface area contributed by atoms with Crippen LogP contribution in [0.2, 0.25) is 5.15 Å². The van der Waals surface area contributed by atoms with E-state index in [2.05, 4.69) is 10.3 Å². The molecule has 0 radical (unpaired) electrons. The minimum Gasteiger partial charge on any atom is -0.458 e. The van der Waals surface area contributed by atoms with E-state index in [1.807, 2.05) is 0 Å². The molecular weight excluding hydrogens is 340 g/mol. The van der Waals surface area contributed by atoms with Gasteiger partial charge in [0.25, 0.3) is 5.91 Å². The zero-order valence-corrected chi connectivity index (χ0v) is 14.2. The molecule has 3 rings (SSSR count). The van der Waals surface area contributed by atoms with Crippen molar-refractivity contribution in [1.29, 1.82) is 0 Å². The number of esters is 1. The van der Waals surface area contributed by atoms with Crippen LogP contribution in [0.5, 0.6) is 0 Å². The Hall–Kier alpha value is -2.66. The second kappa shape index (κ2) is 7.94. The van der Waals surface area contributed by atoms with Gasteiger partial charge in [-0.05, 0) is 42.7 Å². The predicted molar refractivity (Wildman–Crippen MR) is 95.0 cm³/mol. The van der Waals surface area contributed by atoms with Gasteiger partial charge < -0.3 is 10.1 Å². The summed E-state index contributed by atoms with van der Waals surface area (Å²) in [6, 6.07) is 10.8. The lowest BCUT2D eigenvalue weighted by molar-refractivity contribution is -0.138. The number of halogens is 1. The van der Waals surface area contributed by atoms with Gasteiger partial charge in [0.15, 0.2) is 0 Å². The van der Waals surface area contributed by atoms with Crippen LogP contribution in [0.3, 0.4) is 0 Å². The van der Waals surface area contributed by atoms with Crippen LogP contribution in [0.1, 0.15) is 34.3 Å². The lowest BCUT2D eigenvalue weighted by Crippen LogP contribution is -2.25. The van der Waals surface area contributed by atoms with E-state index in [-0.39, 0.29) is 12.5 Å². The molecular formula is C19H17ClN2O3. The molecule has 1 aliphatic rings. The number of nitrogens with zero attached hydrogens (tertiary/aromatic N) is 1. The third-order valence-electron chi connectivity index (χ3n) is 3.67. The topological polar surface area (TPSA) is 68.3 Å². The van der Waals surface area contributed by atoms with Gasteiger partial charge in [-0.2, -0.15) is 0 Å². The van der Waals surface area contributed by atoms with Crippen molar-refractivity contribution in [2.75, 3.05) is 0 Å². The SMILES string of the molecule is O=C(/C=C/c1ccc(C(=O)NC2CC2)cc1)OCc1ccc(Cl)nc1. The summed E-state index contributed by atoms with van der Waals surface area (Å²) < 4.78 is 5.13. The van der Waals surface area contributed by atoms with Crippen molar-refractivity contribution in [1.82, 2.24) is 10.3 Å². The molecule has 2 aromatic rings. The first-order valence-corrected chi connectivity index (χ1v) is 8.34. The number of hydrogen-bond donors (Lipinski definition) is 1. The number of nitrogens with one attached hydrogen (secondary N) is 1. The lowest BCUT2D eigenvalue weighted by Gasteiger charge is -2.03. The van der Waals surface area contributed by atoms with E-state index in [9.17, 15) is 9.59 Å². The summed E-state index contributed by atoms with van der Waals surface area (Å²) in [5.41, 5.74) is 2.19. The largest absolute Gasteiger partial charge is 0.458 e. The normalized spacial score (nSPS) is 13.6. The van der Waals surface area contributed by atoms with E-state index in [1.165, 1.54) is 6.08 Å². The molecule has 25 heavy (non-hydrogen) atoms. The summed E-state index contributed by atoms with van der Waals surface area (Å²) in [5, 5.41) is 3.32. The maximum absolute atomic E-state index is 11.9. The summed E-state index contributed by atoms with van der Waals surface area (Å²) in [5.74, 6) is -0.514. The molecule has 6 heteroatoms. The fourth-order valence-electron chi connectivity index (χ4n) is 2.10. The van der Waals surface area contributed by atoms with Gasteiger partial charge in [-0.25, -0.2) is 9.78 Å². The molecule has 5 nitrogen and oxygen atoms in total. The van der Waals surface area contributed by atoms with E-state index in [0.29, 0.717) is 16.8 Å². The first kappa shape index (κ1) is 17.2. The van der Waals surface area contributed by atoms with E-state index in [4.69, 9.17) is 16.3 Å². The van der Waals surface area contributed by atoms with Crippen LogP contribution in [0.4, 0.5) is 0 Å². The Morgan fingerprint density at radius 1 is 1.20 bits per heavy atom. The molecule has 0 bridgehead atoms. The highest BCUT2D eigenvalue weighted by Gasteiger charge is 2.23. The molecule has 1 heterocycles. The smallest absolute Gasteiger partial charge is 0.331 e. The number of pyridine rings is 1. The molecule has 1 fully saturated rings. The Kier molecular flexibility index (Phi) is 5.46. The average Bonchev–Trinajstić information content (AvgIpc) is 3.44. The van der Waals surface area contributed by atoms with Crippen molar-refractivity contribution in [2.24, 2.45) is 0 Å². The molecule has 1 saturated carbocycles. The summed E-state index contributed by atoms with van der Waals surface area (Å²) in [7, 11) is 0. The van der Waals surface area contributed by atoms with Crippen LogP contribution in [0, 0.1) is 0 Å². The number of ether oxygens (including phenoxy) is 1. The molecule has 128 valence electrons. The number of amides is 1. The van der Waals surface area contributed by atoms with Crippen LogP contribution in [-0.2, 0) is 16.1 Å². The van der Waals surface area contributed by atoms with Crippen molar-refractivity contribution >= 4 is 29.6 Å². The third kappa shape index (κ3) is 5.43. The Labute approximate surface area is 150 Å². The fourth-order valence-corrected chi connectivity index (χ4v) is 2.21. The number of hydrogen-bond acceptors (Lipinski definition) is 4. The lowest BCUT2D eigenvalue weighted by atomic mass is 10.1. The van der Waals surface area contributed by atoms with Gasteiger partial charge in [0.2, 0.25) is 0 Å². The Bertz CT molecular complexity index is 781. The molecule has 1 aliphatic carbocycles. The van der Waals surface area contributed by atoms with Crippen molar-refractivity contribution in [3.8, 4) is 0 Å². The first-order valence-electron chi connectivity index (χ1n) is 7.96. The van der Waals surface area contributed by atoms with Gasteiger partial charge in [-0.15, -0.1) is 0 Å². The van der Waals surface area contributed by atoms with Gasteiger partial charge >= 0.3 is 5.97 Å². The molecule has 0 aliphatic heterocycles. The van der Waals surface area contributed by atoms with Gasteiger partial charge in [0, 0.05) is 29.4 Å². The van der Waals surface area contributed by atoms with Gasteiger partial charge in [-0.1, -0.05) is 29.8 Å². The number of rotatable bonds is 6. The van der Waals surface area contributed by atoms with Gasteiger partial charge in [0.1, 0.15) is 11.8 Å². The molecule has 0 atom stereocenters. The van der Waals surface area contributed by atoms with Crippen LogP contribution in [0.25, 0.3) is 6.08 Å². The maximum Gasteiger partial charge on any atom is 0.331 e. The second-order valence-corrected chi connectivity index (χ2v) is 6.19. The van der Waals surface area contributed by atoms with Crippen LogP contribution >= 0.6 is 11.6 Å². The molecule has 1 amide bonds. The van der Waals surface area contributed by atoms with E-state index in [0.717, 1.165) is 24.0 Å². The van der Waals surface area contributed by atoms with Gasteiger partial charge in [-0.3, -0.25) is 4.79 Å². The highest BCUT2D eigenvalue weighted by atomic mass is 35.5. The number of carbonyl (C=O) groups excluding carboxylic acids is 2. The Balaban J connectivity index is 1.49. The average molecular weight is 357 g/mol. The number of aromatic nitrogens is 1. The summed E-state index contributed by atoms with van der Waals surface area (Å²) in [6.07, 6.45) is 6.67. The molecule has 0 unspecified atom stereocenters. The minimum atomic E-state index is -0.453. The molecule has 1 aromatic heterocycles. The summed E-state index contributed by atoms with van der Waals surface area (Å²) in [4.78, 5) is 27.6. The van der Waals surface area contributed by atoms with Crippen molar-refractivity contribution < 1.29 is 14.3 Å². The molecule has 1 aromatic carbocycles. The highest BCUT2D eigenvalue weighted by molar-refractivity contribution is 6.29. The summed E-state index contributed by atoms with van der Waals surface area (Å²) in [6.45, 7) is 0.133. The van der Waals surface area contributed by atoms with E-state index < -0.39 is 5.97 Å². The van der Waals surface area contributed by atoms with E-state index in [1.54, 1.807) is 48.7 Å². The molecule has 0 saturated heterocycles. The van der Waals surface area contributed by atoms with Crippen molar-refractivity contribution in [3.05, 3.63) is 70.5 Å². The zero-order valence-electron chi connectivity index (χ0n) is 13.4. The molecule has 0 spiro atoms.